The first-order valence-corrected chi connectivity index (χ1v) is 11.6. The molecule has 0 aliphatic carbocycles. The van der Waals surface area contributed by atoms with Crippen molar-refractivity contribution in [1.82, 2.24) is 3.71 Å². The fourth-order valence-corrected chi connectivity index (χ4v) is 10.5. The van der Waals surface area contributed by atoms with E-state index in [1.807, 2.05) is 13.8 Å². The van der Waals surface area contributed by atoms with Crippen LogP contribution in [0.5, 0.6) is 0 Å². The minimum absolute atomic E-state index is 0.423. The van der Waals surface area contributed by atoms with Gasteiger partial charge in [-0.25, -0.2) is 16.8 Å². The summed E-state index contributed by atoms with van der Waals surface area (Å²) in [4.78, 5) is 0. The summed E-state index contributed by atoms with van der Waals surface area (Å²) in [5.41, 5.74) is 0. The van der Waals surface area contributed by atoms with E-state index < -0.39 is 37.6 Å². The Morgan fingerprint density at radius 3 is 1.50 bits per heavy atom. The summed E-state index contributed by atoms with van der Waals surface area (Å²) >= 11 is 0. The number of hydrogen-bond acceptors (Lipinski definition) is 4. The molecule has 2 aliphatic rings. The molecule has 2 aliphatic heterocycles. The minimum Gasteiger partial charge on any atom is -0.225 e. The van der Waals surface area contributed by atoms with Gasteiger partial charge in [0.05, 0.1) is 0 Å². The Bertz CT molecular complexity index is 529. The number of hydrogen-bond donors (Lipinski definition) is 0. The van der Waals surface area contributed by atoms with E-state index in [1.54, 1.807) is 0 Å². The third-order valence-corrected chi connectivity index (χ3v) is 10.8. The van der Waals surface area contributed by atoms with Crippen molar-refractivity contribution in [3.8, 4) is 0 Å². The van der Waals surface area contributed by atoms with E-state index in [-0.39, 0.29) is 0 Å². The minimum atomic E-state index is -3.74. The Morgan fingerprint density at radius 1 is 0.773 bits per heavy atom. The van der Waals surface area contributed by atoms with Crippen LogP contribution in [0.25, 0.3) is 0 Å². The summed E-state index contributed by atoms with van der Waals surface area (Å²) in [5.74, 6) is -1.45. The molecule has 2 saturated heterocycles. The quantitative estimate of drug-likeness (QED) is 0.736. The topological polar surface area (TPSA) is 71.5 Å². The van der Waals surface area contributed by atoms with Gasteiger partial charge in [0, 0.05) is 6.04 Å². The predicted octanol–water partition coefficient (Wildman–Crippen LogP) is 2.57. The Morgan fingerprint density at radius 2 is 1.14 bits per heavy atom. The summed E-state index contributed by atoms with van der Waals surface area (Å²) in [6.07, 6.45) is 7.93. The van der Waals surface area contributed by atoms with Gasteiger partial charge in [-0.3, -0.25) is 0 Å². The van der Waals surface area contributed by atoms with Crippen LogP contribution < -0.4 is 0 Å². The smallest absolute Gasteiger partial charge is 0.225 e. The van der Waals surface area contributed by atoms with Crippen molar-refractivity contribution in [2.75, 3.05) is 0 Å². The molecule has 0 radical (unpaired) electrons. The molecule has 0 amide bonds. The molecule has 5 nitrogen and oxygen atoms in total. The lowest BCUT2D eigenvalue weighted by atomic mass is 9.32. The highest BCUT2D eigenvalue weighted by atomic mass is 32.3. The van der Waals surface area contributed by atoms with Gasteiger partial charge in [0.15, 0.2) is 19.7 Å². The second-order valence-electron chi connectivity index (χ2n) is 6.56. The monoisotopic (exact) mass is 347 g/mol. The van der Waals surface area contributed by atoms with Gasteiger partial charge in [-0.15, -0.1) is 3.71 Å². The van der Waals surface area contributed by atoms with Crippen LogP contribution in [0, 0.1) is 0 Å². The van der Waals surface area contributed by atoms with E-state index in [9.17, 15) is 16.8 Å². The van der Waals surface area contributed by atoms with Crippen LogP contribution in [0.1, 0.15) is 65.2 Å². The standard InChI is InChI=1S/C13H27B2NO4S2/c1-3-13(4-2)16-21(17,18)14-11-9-7-5-6-8-10-12-15(14)22(16,19)20/h13H,3-12H2,1-2H3. The fourth-order valence-electron chi connectivity index (χ4n) is 3.87. The van der Waals surface area contributed by atoms with E-state index in [2.05, 4.69) is 0 Å². The molecule has 2 rings (SSSR count). The molecule has 0 bridgehead atoms. The Labute approximate surface area is 136 Å². The first-order chi connectivity index (χ1) is 10.4. The molecule has 0 spiro atoms. The average molecular weight is 347 g/mol. The van der Waals surface area contributed by atoms with Gasteiger partial charge in [-0.05, 0) is 12.8 Å². The molecule has 2 heterocycles. The summed E-state index contributed by atoms with van der Waals surface area (Å²) in [6, 6.07) is -0.423. The molecule has 0 saturated carbocycles. The van der Waals surface area contributed by atoms with E-state index in [4.69, 9.17) is 0 Å². The van der Waals surface area contributed by atoms with Crippen molar-refractivity contribution in [1.29, 1.82) is 0 Å². The maximum Gasteiger partial charge on any atom is 0.302 e. The van der Waals surface area contributed by atoms with Crippen molar-refractivity contribution in [2.45, 2.75) is 83.9 Å². The molecule has 0 unspecified atom stereocenters. The number of nitrogens with zero attached hydrogens (tertiary/aromatic N) is 1. The van der Waals surface area contributed by atoms with Gasteiger partial charge in [0.2, 0.25) is 0 Å². The van der Waals surface area contributed by atoms with Crippen LogP contribution in [0.4, 0.5) is 0 Å². The lowest BCUT2D eigenvalue weighted by Crippen LogP contribution is -2.41. The lowest BCUT2D eigenvalue weighted by molar-refractivity contribution is 0.415. The van der Waals surface area contributed by atoms with Crippen LogP contribution in [0.15, 0.2) is 0 Å². The SMILES string of the molecule is CCC(CC)N1S(=O)(=O)B2CCCCCCCCB2S1(=O)=O. The van der Waals surface area contributed by atoms with Crippen molar-refractivity contribution >= 4 is 31.5 Å². The zero-order valence-corrected chi connectivity index (χ0v) is 15.3. The molecular weight excluding hydrogens is 320 g/mol. The van der Waals surface area contributed by atoms with Crippen LogP contribution >= 0.6 is 0 Å². The molecule has 22 heavy (non-hydrogen) atoms. The zero-order valence-electron chi connectivity index (χ0n) is 13.7. The highest BCUT2D eigenvalue weighted by Crippen LogP contribution is 2.36. The van der Waals surface area contributed by atoms with E-state index >= 15 is 0 Å². The van der Waals surface area contributed by atoms with Crippen molar-refractivity contribution < 1.29 is 16.8 Å². The molecule has 126 valence electrons. The second kappa shape index (κ2) is 7.26. The fraction of sp³-hybridized carbons (Fsp3) is 1.00. The number of rotatable bonds is 3. The number of fused-ring (bicyclic) bond motifs is 1. The molecule has 0 atom stereocenters. The highest BCUT2D eigenvalue weighted by Gasteiger charge is 2.62. The van der Waals surface area contributed by atoms with Gasteiger partial charge in [0.25, 0.3) is 0 Å². The maximum atomic E-state index is 12.9. The van der Waals surface area contributed by atoms with E-state index in [0.29, 0.717) is 25.5 Å². The van der Waals surface area contributed by atoms with Crippen molar-refractivity contribution in [3.63, 3.8) is 0 Å². The van der Waals surface area contributed by atoms with Crippen LogP contribution in [0.2, 0.25) is 12.6 Å². The molecule has 2 fully saturated rings. The summed E-state index contributed by atoms with van der Waals surface area (Å²) in [5, 5.41) is 0. The summed E-state index contributed by atoms with van der Waals surface area (Å²) in [7, 11) is -7.48. The van der Waals surface area contributed by atoms with Crippen molar-refractivity contribution in [2.24, 2.45) is 0 Å². The van der Waals surface area contributed by atoms with Gasteiger partial charge >= 0.3 is 11.8 Å². The van der Waals surface area contributed by atoms with E-state index in [0.717, 1.165) is 42.2 Å². The lowest BCUT2D eigenvalue weighted by Gasteiger charge is -2.25. The van der Waals surface area contributed by atoms with Gasteiger partial charge < -0.3 is 0 Å². The maximum absolute atomic E-state index is 12.9. The molecule has 0 N–H and O–H groups in total. The van der Waals surface area contributed by atoms with Crippen LogP contribution in [-0.4, -0.2) is 38.4 Å². The van der Waals surface area contributed by atoms with Gasteiger partial charge in [-0.1, -0.05) is 65.0 Å². The zero-order chi connectivity index (χ0) is 16.4. The third kappa shape index (κ3) is 3.26. The first kappa shape index (κ1) is 18.3. The van der Waals surface area contributed by atoms with Crippen molar-refractivity contribution in [3.05, 3.63) is 0 Å². The Balaban J connectivity index is 2.42. The van der Waals surface area contributed by atoms with Crippen LogP contribution in [0.3, 0.4) is 0 Å². The van der Waals surface area contributed by atoms with Crippen LogP contribution in [-0.2, 0) is 19.7 Å². The molecule has 0 aromatic rings. The highest BCUT2D eigenvalue weighted by molar-refractivity contribution is 8.46. The Kier molecular flexibility index (Phi) is 6.05. The average Bonchev–Trinajstić information content (AvgIpc) is 2.62. The van der Waals surface area contributed by atoms with Gasteiger partial charge in [-0.2, -0.15) is 0 Å². The third-order valence-electron chi connectivity index (χ3n) is 5.15. The molecule has 0 aromatic carbocycles. The summed E-state index contributed by atoms with van der Waals surface area (Å²) in [6.45, 7) is 3.71. The van der Waals surface area contributed by atoms with E-state index in [1.165, 1.54) is 0 Å². The summed E-state index contributed by atoms with van der Waals surface area (Å²) < 4.78 is 52.5. The molecular formula is C13H27B2NO4S2. The predicted molar refractivity (Wildman–Crippen MR) is 92.9 cm³/mol. The first-order valence-electron chi connectivity index (χ1n) is 8.64. The largest absolute Gasteiger partial charge is 0.302 e. The second-order valence-corrected chi connectivity index (χ2v) is 10.8. The normalized spacial score (nSPS) is 26.1. The molecule has 9 heteroatoms. The van der Waals surface area contributed by atoms with Gasteiger partial charge in [0.1, 0.15) is 0 Å². The Hall–Kier alpha value is -0.0101. The molecule has 0 aromatic heterocycles.